The predicted octanol–water partition coefficient (Wildman–Crippen LogP) is 2.73. The van der Waals surface area contributed by atoms with Crippen LogP contribution in [0.2, 0.25) is 0 Å². The average Bonchev–Trinajstić information content (AvgIpc) is 3.19. The maximum Gasteiger partial charge on any atom is 0.245 e. The Labute approximate surface area is 176 Å². The van der Waals surface area contributed by atoms with Gasteiger partial charge in [0.25, 0.3) is 0 Å². The van der Waals surface area contributed by atoms with Gasteiger partial charge in [-0.05, 0) is 57.6 Å². The highest BCUT2D eigenvalue weighted by molar-refractivity contribution is 5.99. The van der Waals surface area contributed by atoms with E-state index >= 15 is 0 Å². The second-order valence-electron chi connectivity index (χ2n) is 8.71. The Hall–Kier alpha value is -2.58. The van der Waals surface area contributed by atoms with Crippen LogP contribution >= 0.6 is 0 Å². The zero-order valence-electron chi connectivity index (χ0n) is 17.8. The minimum Gasteiger partial charge on any atom is -0.384 e. The van der Waals surface area contributed by atoms with Gasteiger partial charge >= 0.3 is 0 Å². The van der Waals surface area contributed by atoms with Crippen molar-refractivity contribution in [1.29, 1.82) is 0 Å². The third-order valence-electron chi connectivity index (χ3n) is 5.97. The average molecular weight is 412 g/mol. The van der Waals surface area contributed by atoms with E-state index in [4.69, 9.17) is 9.72 Å². The van der Waals surface area contributed by atoms with Gasteiger partial charge < -0.3 is 20.1 Å². The van der Waals surface area contributed by atoms with E-state index in [2.05, 4.69) is 15.3 Å². The molecule has 2 atom stereocenters. The van der Waals surface area contributed by atoms with E-state index in [-0.39, 0.29) is 12.5 Å². The Morgan fingerprint density at radius 3 is 2.77 bits per heavy atom. The largest absolute Gasteiger partial charge is 0.384 e. The number of hydrogen-bond donors (Lipinski definition) is 2. The highest BCUT2D eigenvalue weighted by Crippen LogP contribution is 2.33. The Morgan fingerprint density at radius 1 is 1.27 bits per heavy atom. The molecule has 0 spiro atoms. The molecule has 2 aliphatic rings. The first-order chi connectivity index (χ1) is 14.3. The molecule has 2 aromatic heterocycles. The van der Waals surface area contributed by atoms with Gasteiger partial charge in [0.2, 0.25) is 5.91 Å². The van der Waals surface area contributed by atoms with Gasteiger partial charge in [0.15, 0.2) is 11.6 Å². The molecule has 0 saturated heterocycles. The molecule has 8 nitrogen and oxygen atoms in total. The molecule has 0 unspecified atom stereocenters. The summed E-state index contributed by atoms with van der Waals surface area (Å²) in [6.45, 7) is 4.44. The van der Waals surface area contributed by atoms with Crippen molar-refractivity contribution in [3.8, 4) is 11.3 Å². The summed E-state index contributed by atoms with van der Waals surface area (Å²) in [6.07, 6.45) is 8.04. The molecule has 2 N–H and O–H groups in total. The van der Waals surface area contributed by atoms with Crippen LogP contribution in [0.5, 0.6) is 0 Å². The fourth-order valence-corrected chi connectivity index (χ4v) is 4.18. The highest BCUT2D eigenvalue weighted by atomic mass is 16.5. The molecular weight excluding hydrogens is 382 g/mol. The number of ether oxygens (including phenoxy) is 1. The van der Waals surface area contributed by atoms with Crippen molar-refractivity contribution >= 4 is 17.5 Å². The molecule has 2 aromatic rings. The number of aliphatic hydroxyl groups is 1. The molecule has 1 amide bonds. The molecule has 160 valence electrons. The van der Waals surface area contributed by atoms with Gasteiger partial charge in [0.1, 0.15) is 5.60 Å². The van der Waals surface area contributed by atoms with E-state index in [1.54, 1.807) is 39.4 Å². The lowest BCUT2D eigenvalue weighted by Gasteiger charge is -2.30. The third-order valence-corrected chi connectivity index (χ3v) is 5.97. The van der Waals surface area contributed by atoms with E-state index in [1.807, 2.05) is 11.0 Å². The van der Waals surface area contributed by atoms with Crippen molar-refractivity contribution in [2.24, 2.45) is 5.92 Å². The number of nitrogens with one attached hydrogen (secondary N) is 1. The molecule has 1 fully saturated rings. The Morgan fingerprint density at radius 2 is 2.10 bits per heavy atom. The number of pyridine rings is 1. The van der Waals surface area contributed by atoms with E-state index in [0.717, 1.165) is 37.8 Å². The van der Waals surface area contributed by atoms with Crippen LogP contribution in [0, 0.1) is 5.92 Å². The first-order valence-electron chi connectivity index (χ1n) is 10.5. The van der Waals surface area contributed by atoms with Crippen LogP contribution in [0.25, 0.3) is 11.3 Å². The van der Waals surface area contributed by atoms with Crippen LogP contribution in [0.1, 0.15) is 45.2 Å². The summed E-state index contributed by atoms with van der Waals surface area (Å²) < 4.78 is 5.48. The van der Waals surface area contributed by atoms with Crippen LogP contribution in [-0.2, 0) is 15.1 Å². The lowest BCUT2D eigenvalue weighted by molar-refractivity contribution is -0.115. The van der Waals surface area contributed by atoms with Gasteiger partial charge in [-0.3, -0.25) is 9.78 Å². The maximum atomic E-state index is 12.1. The molecule has 1 saturated carbocycles. The predicted molar refractivity (Wildman–Crippen MR) is 114 cm³/mol. The van der Waals surface area contributed by atoms with Crippen LogP contribution in [0.4, 0.5) is 11.6 Å². The van der Waals surface area contributed by atoms with E-state index in [1.165, 1.54) is 0 Å². The van der Waals surface area contributed by atoms with Gasteiger partial charge in [-0.1, -0.05) is 0 Å². The molecular formula is C22H29N5O3. The quantitative estimate of drug-likeness (QED) is 0.754. The first-order valence-corrected chi connectivity index (χ1v) is 10.5. The van der Waals surface area contributed by atoms with E-state index in [9.17, 15) is 9.90 Å². The van der Waals surface area contributed by atoms with E-state index < -0.39 is 5.60 Å². The van der Waals surface area contributed by atoms with Crippen molar-refractivity contribution in [1.82, 2.24) is 15.0 Å². The van der Waals surface area contributed by atoms with E-state index in [0.29, 0.717) is 35.0 Å². The lowest BCUT2D eigenvalue weighted by Crippen LogP contribution is -2.40. The highest BCUT2D eigenvalue weighted by Gasteiger charge is 2.28. The third kappa shape index (κ3) is 4.44. The molecule has 4 rings (SSSR count). The first kappa shape index (κ1) is 20.7. The molecule has 30 heavy (non-hydrogen) atoms. The molecule has 3 heterocycles. The van der Waals surface area contributed by atoms with Crippen molar-refractivity contribution in [3.05, 3.63) is 30.2 Å². The van der Waals surface area contributed by atoms with Crippen LogP contribution < -0.4 is 10.2 Å². The zero-order valence-corrected chi connectivity index (χ0v) is 17.8. The number of carbonyl (C=O) groups excluding carboxylic acids is 1. The fourth-order valence-electron chi connectivity index (χ4n) is 4.18. The Bertz CT molecular complexity index is 910. The monoisotopic (exact) mass is 411 g/mol. The van der Waals surface area contributed by atoms with Gasteiger partial charge in [-0.25, -0.2) is 9.97 Å². The number of nitrogens with zero attached hydrogens (tertiary/aromatic N) is 4. The number of carbonyl (C=O) groups is 1. The topological polar surface area (TPSA) is 100 Å². The van der Waals surface area contributed by atoms with Gasteiger partial charge in [0.05, 0.1) is 30.2 Å². The van der Waals surface area contributed by atoms with Crippen LogP contribution in [0.3, 0.4) is 0 Å². The number of methoxy groups -OCH3 is 1. The molecule has 8 heteroatoms. The SMILES string of the molecule is CO[C@H]1CC[C@@H](CCN2CC(=O)Nc3ncc(-c4ccc(C(C)(C)O)nc4)nc32)C1. The summed E-state index contributed by atoms with van der Waals surface area (Å²) in [4.78, 5) is 27.7. The van der Waals surface area contributed by atoms with Crippen molar-refractivity contribution in [2.75, 3.05) is 30.4 Å². The fraction of sp³-hybridized carbons (Fsp3) is 0.545. The number of amides is 1. The lowest BCUT2D eigenvalue weighted by atomic mass is 10.0. The summed E-state index contributed by atoms with van der Waals surface area (Å²) in [6, 6.07) is 3.67. The maximum absolute atomic E-state index is 12.1. The summed E-state index contributed by atoms with van der Waals surface area (Å²) in [5.41, 5.74) is 1.10. The second-order valence-corrected chi connectivity index (χ2v) is 8.71. The second kappa shape index (κ2) is 8.28. The minimum absolute atomic E-state index is 0.0677. The zero-order chi connectivity index (χ0) is 21.3. The minimum atomic E-state index is -0.997. The molecule has 0 aromatic carbocycles. The normalized spacial score (nSPS) is 21.5. The number of rotatable bonds is 6. The smallest absolute Gasteiger partial charge is 0.245 e. The van der Waals surface area contributed by atoms with Gasteiger partial charge in [0, 0.05) is 25.4 Å². The molecule has 1 aliphatic heterocycles. The summed E-state index contributed by atoms with van der Waals surface area (Å²) >= 11 is 0. The summed E-state index contributed by atoms with van der Waals surface area (Å²) in [5, 5.41) is 12.9. The van der Waals surface area contributed by atoms with Crippen LogP contribution in [0.15, 0.2) is 24.5 Å². The van der Waals surface area contributed by atoms with Crippen LogP contribution in [-0.4, -0.2) is 52.3 Å². The van der Waals surface area contributed by atoms with Gasteiger partial charge in [-0.15, -0.1) is 0 Å². The Balaban J connectivity index is 1.53. The molecule has 0 radical (unpaired) electrons. The summed E-state index contributed by atoms with van der Waals surface area (Å²) in [5.74, 6) is 1.73. The van der Waals surface area contributed by atoms with Gasteiger partial charge in [-0.2, -0.15) is 0 Å². The number of hydrogen-bond acceptors (Lipinski definition) is 7. The Kier molecular flexibility index (Phi) is 5.71. The molecule has 1 aliphatic carbocycles. The number of fused-ring (bicyclic) bond motifs is 1. The van der Waals surface area contributed by atoms with Crippen molar-refractivity contribution in [2.45, 2.75) is 51.2 Å². The summed E-state index contributed by atoms with van der Waals surface area (Å²) in [7, 11) is 1.78. The number of anilines is 2. The molecule has 0 bridgehead atoms. The van der Waals surface area contributed by atoms with Crippen molar-refractivity contribution < 1.29 is 14.6 Å². The van der Waals surface area contributed by atoms with Crippen molar-refractivity contribution in [3.63, 3.8) is 0 Å². The number of aromatic nitrogens is 3. The standard InChI is InChI=1S/C22H29N5O3/c1-22(2,29)18-7-5-15(11-23-18)17-12-24-20-21(25-17)27(13-19(28)26-20)9-8-14-4-6-16(10-14)30-3/h5,7,11-12,14,16,29H,4,6,8-10,13H2,1-3H3,(H,24,26,28)/t14-,16-/m0/s1.